The summed E-state index contributed by atoms with van der Waals surface area (Å²) in [7, 11) is 0. The van der Waals surface area contributed by atoms with E-state index in [9.17, 15) is 19.2 Å². The number of nitrogens with two attached hydrogens (primary N) is 1. The van der Waals surface area contributed by atoms with E-state index in [0.717, 1.165) is 5.56 Å². The molecule has 1 heterocycles. The Morgan fingerprint density at radius 2 is 1.74 bits per heavy atom. The van der Waals surface area contributed by atoms with E-state index in [0.29, 0.717) is 0 Å². The summed E-state index contributed by atoms with van der Waals surface area (Å²) in [5.41, 5.74) is 6.37. The predicted molar refractivity (Wildman–Crippen MR) is 128 cm³/mol. The Labute approximate surface area is 206 Å². The number of nitrogens with one attached hydrogen (secondary N) is 2. The highest BCUT2D eigenvalue weighted by Gasteiger charge is 2.43. The van der Waals surface area contributed by atoms with Gasteiger partial charge in [-0.1, -0.05) is 51.1 Å². The zero-order valence-electron chi connectivity index (χ0n) is 21.0. The highest BCUT2D eigenvalue weighted by molar-refractivity contribution is 5.87. The van der Waals surface area contributed by atoms with E-state index in [4.69, 9.17) is 19.9 Å². The van der Waals surface area contributed by atoms with Crippen LogP contribution in [0.4, 0.5) is 0 Å². The first kappa shape index (κ1) is 28.3. The van der Waals surface area contributed by atoms with Gasteiger partial charge in [0.15, 0.2) is 6.29 Å². The first-order chi connectivity index (χ1) is 16.5. The monoisotopic (exact) mass is 491 g/mol. The quantitative estimate of drug-likeness (QED) is 0.390. The van der Waals surface area contributed by atoms with Crippen LogP contribution >= 0.6 is 0 Å². The largest absolute Gasteiger partial charge is 0.463 e. The van der Waals surface area contributed by atoms with E-state index in [-0.39, 0.29) is 37.4 Å². The second kappa shape index (κ2) is 13.2. The maximum atomic E-state index is 12.8. The number of carbonyl (C=O) groups excluding carboxylic acids is 4. The number of amides is 3. The van der Waals surface area contributed by atoms with E-state index in [1.54, 1.807) is 6.92 Å². The molecule has 1 aliphatic rings. The van der Waals surface area contributed by atoms with Gasteiger partial charge in [0.1, 0.15) is 12.6 Å². The summed E-state index contributed by atoms with van der Waals surface area (Å²) in [6.07, 6.45) is -1.01. The second-order valence-electron chi connectivity index (χ2n) is 9.18. The molecule has 2 rings (SSSR count). The maximum Gasteiger partial charge on any atom is 0.302 e. The molecule has 0 aliphatic carbocycles. The number of hydrogen-bond donors (Lipinski definition) is 3. The zero-order valence-corrected chi connectivity index (χ0v) is 21.0. The van der Waals surface area contributed by atoms with E-state index in [2.05, 4.69) is 10.6 Å². The first-order valence-corrected chi connectivity index (χ1v) is 11.8. The molecule has 0 bridgehead atoms. The number of primary amides is 1. The van der Waals surface area contributed by atoms with Crippen molar-refractivity contribution in [3.05, 3.63) is 35.9 Å². The molecule has 35 heavy (non-hydrogen) atoms. The van der Waals surface area contributed by atoms with Crippen molar-refractivity contribution in [2.75, 3.05) is 13.2 Å². The first-order valence-electron chi connectivity index (χ1n) is 11.8. The van der Waals surface area contributed by atoms with Crippen molar-refractivity contribution < 1.29 is 33.4 Å². The van der Waals surface area contributed by atoms with Crippen LogP contribution in [0.5, 0.6) is 0 Å². The molecule has 4 N–H and O–H groups in total. The summed E-state index contributed by atoms with van der Waals surface area (Å²) in [4.78, 5) is 47.7. The van der Waals surface area contributed by atoms with Crippen LogP contribution in [0.1, 0.15) is 40.2 Å². The van der Waals surface area contributed by atoms with Gasteiger partial charge < -0.3 is 30.6 Å². The summed E-state index contributed by atoms with van der Waals surface area (Å²) in [6, 6.07) is 7.94. The maximum absolute atomic E-state index is 12.8. The predicted octanol–water partition coefficient (Wildman–Crippen LogP) is 0.917. The number of esters is 1. The molecule has 1 saturated heterocycles. The van der Waals surface area contributed by atoms with Gasteiger partial charge in [0.25, 0.3) is 0 Å². The van der Waals surface area contributed by atoms with Gasteiger partial charge in [-0.3, -0.25) is 19.2 Å². The molecule has 2 unspecified atom stereocenters. The van der Waals surface area contributed by atoms with Gasteiger partial charge in [-0.2, -0.15) is 0 Å². The number of benzene rings is 1. The molecule has 0 spiro atoms. The Morgan fingerprint density at radius 3 is 2.31 bits per heavy atom. The minimum Gasteiger partial charge on any atom is -0.463 e. The summed E-state index contributed by atoms with van der Waals surface area (Å²) >= 11 is 0. The third-order valence-corrected chi connectivity index (χ3v) is 6.31. The van der Waals surface area contributed by atoms with E-state index >= 15 is 0 Å². The Morgan fingerprint density at radius 1 is 1.09 bits per heavy atom. The summed E-state index contributed by atoms with van der Waals surface area (Å²) in [5, 5.41) is 5.56. The molecule has 0 aromatic heterocycles. The lowest BCUT2D eigenvalue weighted by molar-refractivity contribution is -0.246. The van der Waals surface area contributed by atoms with Crippen molar-refractivity contribution in [2.24, 2.45) is 23.5 Å². The van der Waals surface area contributed by atoms with Crippen molar-refractivity contribution in [3.8, 4) is 0 Å². The molecule has 3 amide bonds. The fraction of sp³-hybridized carbons (Fsp3) is 0.600. The molecule has 1 aromatic rings. The van der Waals surface area contributed by atoms with Crippen molar-refractivity contribution in [1.29, 1.82) is 0 Å². The lowest BCUT2D eigenvalue weighted by atomic mass is 9.82. The Bertz CT molecular complexity index is 877. The SMILES string of the molecule is CC(=O)N[C@H]1C(OC[C@H](C)C(=O)N[C@@H](Cc2ccccc2)C(N)=O)OC(COC(C)=O)[C@H](C)[C@@H]1C. The third kappa shape index (κ3) is 8.63. The summed E-state index contributed by atoms with van der Waals surface area (Å²) in [6.45, 7) is 8.34. The van der Waals surface area contributed by atoms with Crippen LogP contribution < -0.4 is 16.4 Å². The van der Waals surface area contributed by atoms with Crippen LogP contribution in [0.2, 0.25) is 0 Å². The van der Waals surface area contributed by atoms with Gasteiger partial charge in [0.2, 0.25) is 17.7 Å². The van der Waals surface area contributed by atoms with E-state index in [1.807, 2.05) is 44.2 Å². The van der Waals surface area contributed by atoms with E-state index < -0.39 is 48.2 Å². The summed E-state index contributed by atoms with van der Waals surface area (Å²) < 4.78 is 17.1. The fourth-order valence-electron chi connectivity index (χ4n) is 3.96. The minimum absolute atomic E-state index is 0.0230. The van der Waals surface area contributed by atoms with Gasteiger partial charge in [-0.25, -0.2) is 0 Å². The average Bonchev–Trinajstić information content (AvgIpc) is 2.80. The minimum atomic E-state index is -0.862. The topological polar surface area (TPSA) is 146 Å². The number of ether oxygens (including phenoxy) is 3. The van der Waals surface area contributed by atoms with Gasteiger partial charge in [-0.15, -0.1) is 0 Å². The smallest absolute Gasteiger partial charge is 0.302 e. The Hall–Kier alpha value is -2.98. The highest BCUT2D eigenvalue weighted by Crippen LogP contribution is 2.32. The van der Waals surface area contributed by atoms with E-state index in [1.165, 1.54) is 13.8 Å². The molecule has 0 saturated carbocycles. The molecule has 194 valence electrons. The zero-order chi connectivity index (χ0) is 26.1. The Kier molecular flexibility index (Phi) is 10.7. The van der Waals surface area contributed by atoms with Crippen LogP contribution in [-0.4, -0.2) is 61.4 Å². The van der Waals surface area contributed by atoms with Gasteiger partial charge >= 0.3 is 5.97 Å². The lowest BCUT2D eigenvalue weighted by Gasteiger charge is -2.44. The molecule has 1 aromatic carbocycles. The third-order valence-electron chi connectivity index (χ3n) is 6.31. The molecule has 7 atom stereocenters. The van der Waals surface area contributed by atoms with Crippen molar-refractivity contribution in [3.63, 3.8) is 0 Å². The highest BCUT2D eigenvalue weighted by atomic mass is 16.7. The van der Waals surface area contributed by atoms with Crippen LogP contribution in [0.15, 0.2) is 30.3 Å². The van der Waals surface area contributed by atoms with Crippen molar-refractivity contribution in [1.82, 2.24) is 10.6 Å². The van der Waals surface area contributed by atoms with Crippen LogP contribution in [0, 0.1) is 17.8 Å². The molecule has 1 aliphatic heterocycles. The number of hydrogen-bond acceptors (Lipinski definition) is 7. The van der Waals surface area contributed by atoms with Crippen LogP contribution in [0.3, 0.4) is 0 Å². The molecule has 1 fully saturated rings. The average molecular weight is 492 g/mol. The second-order valence-corrected chi connectivity index (χ2v) is 9.18. The molecule has 0 radical (unpaired) electrons. The number of carbonyl (C=O) groups is 4. The number of rotatable bonds is 11. The summed E-state index contributed by atoms with van der Waals surface area (Å²) in [5.74, 6) is -2.38. The van der Waals surface area contributed by atoms with Crippen LogP contribution in [0.25, 0.3) is 0 Å². The van der Waals surface area contributed by atoms with Gasteiger partial charge in [0, 0.05) is 20.3 Å². The van der Waals surface area contributed by atoms with Crippen LogP contribution in [-0.2, 0) is 39.8 Å². The molecule has 10 nitrogen and oxygen atoms in total. The standard InChI is InChI=1S/C25H37N3O7/c1-14(24(32)28-20(23(26)31)11-19-9-7-6-8-10-19)12-34-25-22(27-17(4)29)16(3)15(2)21(35-25)13-33-18(5)30/h6-10,14-16,20-22,25H,11-13H2,1-5H3,(H2,26,31)(H,27,29)(H,28,32)/t14-,15+,16-,20-,21?,22+,25?/m0/s1. The van der Waals surface area contributed by atoms with Gasteiger partial charge in [-0.05, 0) is 17.4 Å². The molecular formula is C25H37N3O7. The lowest BCUT2D eigenvalue weighted by Crippen LogP contribution is -2.58. The molecular weight excluding hydrogens is 454 g/mol. The van der Waals surface area contributed by atoms with Gasteiger partial charge in [0.05, 0.1) is 24.7 Å². The fourth-order valence-corrected chi connectivity index (χ4v) is 3.96. The van der Waals surface area contributed by atoms with Crippen molar-refractivity contribution >= 4 is 23.7 Å². The normalized spacial score (nSPS) is 25.7. The Balaban J connectivity index is 2.02. The molecule has 10 heteroatoms. The van der Waals surface area contributed by atoms with Crippen molar-refractivity contribution in [2.45, 2.75) is 65.5 Å².